The summed E-state index contributed by atoms with van der Waals surface area (Å²) in [7, 11) is 0. The number of nitrogens with zero attached hydrogens (tertiary/aromatic N) is 4. The summed E-state index contributed by atoms with van der Waals surface area (Å²) in [6.07, 6.45) is 7.51. The van der Waals surface area contributed by atoms with E-state index in [0.29, 0.717) is 37.9 Å². The number of nitrogens with one attached hydrogen (secondary N) is 2. The van der Waals surface area contributed by atoms with Crippen molar-refractivity contribution in [2.24, 2.45) is 0 Å². The molecule has 9 nitrogen and oxygen atoms in total. The van der Waals surface area contributed by atoms with Crippen LogP contribution in [-0.4, -0.2) is 68.8 Å². The Hall–Kier alpha value is -4.06. The highest BCUT2D eigenvalue weighted by atomic mass is 32.2. The summed E-state index contributed by atoms with van der Waals surface area (Å²) in [6.45, 7) is 1.70. The van der Waals surface area contributed by atoms with Crippen molar-refractivity contribution in [2.75, 3.05) is 38.9 Å². The molecular formula is C30H28N6O3S2. The van der Waals surface area contributed by atoms with Crippen molar-refractivity contribution in [1.29, 1.82) is 0 Å². The fourth-order valence-corrected chi connectivity index (χ4v) is 5.10. The van der Waals surface area contributed by atoms with Crippen molar-refractivity contribution in [3.8, 4) is 34.5 Å². The van der Waals surface area contributed by atoms with Gasteiger partial charge in [0.1, 0.15) is 36.1 Å². The summed E-state index contributed by atoms with van der Waals surface area (Å²) >= 11 is 3.40. The van der Waals surface area contributed by atoms with E-state index in [1.807, 2.05) is 36.4 Å². The first-order valence-corrected chi connectivity index (χ1v) is 15.5. The van der Waals surface area contributed by atoms with Gasteiger partial charge >= 0.3 is 0 Å². The Morgan fingerprint density at radius 2 is 1.10 bits per heavy atom. The molecule has 4 aromatic heterocycles. The van der Waals surface area contributed by atoms with Crippen LogP contribution in [0.25, 0.3) is 45.1 Å². The number of hydrogen-bond acceptors (Lipinski definition) is 9. The number of aromatic nitrogens is 6. The lowest BCUT2D eigenvalue weighted by Gasteiger charge is -2.09. The van der Waals surface area contributed by atoms with Crippen molar-refractivity contribution in [3.63, 3.8) is 0 Å². The van der Waals surface area contributed by atoms with Crippen LogP contribution in [0.3, 0.4) is 0 Å². The van der Waals surface area contributed by atoms with Gasteiger partial charge in [-0.25, -0.2) is 19.9 Å². The molecule has 6 aromatic rings. The maximum absolute atomic E-state index is 5.76. The lowest BCUT2D eigenvalue weighted by Crippen LogP contribution is -2.12. The van der Waals surface area contributed by atoms with E-state index in [4.69, 9.17) is 14.2 Å². The third-order valence-electron chi connectivity index (χ3n) is 6.33. The highest BCUT2D eigenvalue weighted by Crippen LogP contribution is 2.25. The lowest BCUT2D eigenvalue weighted by molar-refractivity contribution is 0.0762. The van der Waals surface area contributed by atoms with Gasteiger partial charge < -0.3 is 24.2 Å². The Balaban J connectivity index is 0.913. The molecule has 0 saturated heterocycles. The van der Waals surface area contributed by atoms with Gasteiger partial charge in [-0.05, 0) is 73.2 Å². The number of benzene rings is 2. The molecule has 11 heteroatoms. The van der Waals surface area contributed by atoms with Gasteiger partial charge in [-0.15, -0.1) is 23.5 Å². The minimum Gasteiger partial charge on any atom is -0.490 e. The Bertz CT molecular complexity index is 1620. The van der Waals surface area contributed by atoms with Crippen LogP contribution in [0.4, 0.5) is 0 Å². The highest BCUT2D eigenvalue weighted by Gasteiger charge is 2.09. The molecule has 0 bridgehead atoms. The van der Waals surface area contributed by atoms with E-state index < -0.39 is 0 Å². The van der Waals surface area contributed by atoms with E-state index >= 15 is 0 Å². The second kappa shape index (κ2) is 12.6. The molecule has 208 valence electrons. The zero-order chi connectivity index (χ0) is 28.0. The van der Waals surface area contributed by atoms with Crippen molar-refractivity contribution in [3.05, 3.63) is 73.1 Å². The summed E-state index contributed by atoms with van der Waals surface area (Å²) < 4.78 is 17.2. The molecule has 0 spiro atoms. The first-order chi connectivity index (χ1) is 20.2. The van der Waals surface area contributed by atoms with Crippen molar-refractivity contribution >= 4 is 45.6 Å². The van der Waals surface area contributed by atoms with E-state index in [2.05, 4.69) is 66.7 Å². The maximum Gasteiger partial charge on any atom is 0.157 e. The van der Waals surface area contributed by atoms with Gasteiger partial charge in [0.05, 0.1) is 47.7 Å². The molecule has 4 heterocycles. The molecule has 41 heavy (non-hydrogen) atoms. The van der Waals surface area contributed by atoms with E-state index in [1.165, 1.54) is 9.79 Å². The van der Waals surface area contributed by atoms with Crippen molar-refractivity contribution in [1.82, 2.24) is 29.9 Å². The Kier molecular flexibility index (Phi) is 8.36. The molecule has 0 atom stereocenters. The van der Waals surface area contributed by atoms with Gasteiger partial charge in [-0.3, -0.25) is 0 Å². The quantitative estimate of drug-likeness (QED) is 0.123. The van der Waals surface area contributed by atoms with Crippen molar-refractivity contribution in [2.45, 2.75) is 9.79 Å². The summed E-state index contributed by atoms with van der Waals surface area (Å²) in [6, 6.07) is 19.9. The summed E-state index contributed by atoms with van der Waals surface area (Å²) in [5.41, 5.74) is 5.35. The zero-order valence-electron chi connectivity index (χ0n) is 22.6. The van der Waals surface area contributed by atoms with Crippen LogP contribution in [0.15, 0.2) is 82.8 Å². The average Bonchev–Trinajstić information content (AvgIpc) is 3.65. The average molecular weight is 585 g/mol. The number of hydrogen-bond donors (Lipinski definition) is 2. The van der Waals surface area contributed by atoms with Gasteiger partial charge in [-0.1, -0.05) is 0 Å². The second-order valence-electron chi connectivity index (χ2n) is 9.00. The Labute approximate surface area is 245 Å². The number of rotatable bonds is 12. The number of fused-ring (bicyclic) bond motifs is 2. The highest BCUT2D eigenvalue weighted by molar-refractivity contribution is 7.98. The normalized spacial score (nSPS) is 11.4. The van der Waals surface area contributed by atoms with E-state index in [1.54, 1.807) is 35.9 Å². The van der Waals surface area contributed by atoms with E-state index in [9.17, 15) is 0 Å². The molecule has 0 radical (unpaired) electrons. The largest absolute Gasteiger partial charge is 0.490 e. The molecule has 2 aromatic carbocycles. The number of pyridine rings is 2. The fourth-order valence-electron chi connectivity index (χ4n) is 4.22. The number of imidazole rings is 2. The summed E-state index contributed by atoms with van der Waals surface area (Å²) in [5.74, 6) is 2.82. The van der Waals surface area contributed by atoms with Gasteiger partial charge in [0, 0.05) is 9.79 Å². The van der Waals surface area contributed by atoms with Crippen LogP contribution in [0.2, 0.25) is 0 Å². The molecule has 0 unspecified atom stereocenters. The first kappa shape index (κ1) is 27.1. The standard InChI is InChI=1S/C30H28N6O3S2/c1-40-21-5-9-23-27(15-21)35-29(33-23)25-7-3-19(17-31-25)38-13-11-37-12-14-39-20-4-8-26(32-18-20)30-34-24-10-6-22(41-2)16-28(24)36-30/h3-10,15-18H,11-14H2,1-2H3,(H,33,35)(H,34,36). The predicted octanol–water partition coefficient (Wildman–Crippen LogP) is 6.48. The number of thioether (sulfide) groups is 2. The molecule has 2 N–H and O–H groups in total. The van der Waals surface area contributed by atoms with Gasteiger partial charge in [-0.2, -0.15) is 0 Å². The topological polar surface area (TPSA) is 111 Å². The Morgan fingerprint density at radius 1 is 0.610 bits per heavy atom. The van der Waals surface area contributed by atoms with Crippen LogP contribution in [0.5, 0.6) is 11.5 Å². The molecule has 0 aliphatic carbocycles. The van der Waals surface area contributed by atoms with Crippen LogP contribution >= 0.6 is 23.5 Å². The third-order valence-corrected chi connectivity index (χ3v) is 7.78. The molecule has 0 saturated carbocycles. The van der Waals surface area contributed by atoms with Gasteiger partial charge in [0.25, 0.3) is 0 Å². The number of ether oxygens (including phenoxy) is 3. The van der Waals surface area contributed by atoms with Crippen LogP contribution < -0.4 is 9.47 Å². The molecular weight excluding hydrogens is 557 g/mol. The summed E-state index contributed by atoms with van der Waals surface area (Å²) in [5, 5.41) is 0. The van der Waals surface area contributed by atoms with Crippen LogP contribution in [-0.2, 0) is 4.74 Å². The lowest BCUT2D eigenvalue weighted by atomic mass is 10.3. The van der Waals surface area contributed by atoms with Crippen molar-refractivity contribution < 1.29 is 14.2 Å². The SMILES string of the molecule is CSc1ccc2nc(-c3ccc(OCCOCCOc4ccc(-c5nc6ccc(SC)cc6[nH]5)nc4)cn3)[nH]c2c1. The van der Waals surface area contributed by atoms with Gasteiger partial charge in [0.2, 0.25) is 0 Å². The number of H-pyrrole nitrogens is 2. The van der Waals surface area contributed by atoms with E-state index in [0.717, 1.165) is 45.1 Å². The zero-order valence-corrected chi connectivity index (χ0v) is 24.2. The Morgan fingerprint density at radius 3 is 1.51 bits per heavy atom. The molecule has 0 fully saturated rings. The minimum atomic E-state index is 0.412. The van der Waals surface area contributed by atoms with E-state index in [-0.39, 0.29) is 0 Å². The smallest absolute Gasteiger partial charge is 0.157 e. The van der Waals surface area contributed by atoms with Gasteiger partial charge in [0.15, 0.2) is 11.6 Å². The molecule has 6 rings (SSSR count). The molecule has 0 amide bonds. The van der Waals surface area contributed by atoms with Crippen LogP contribution in [0, 0.1) is 0 Å². The maximum atomic E-state index is 5.76. The molecule has 0 aliphatic heterocycles. The predicted molar refractivity (Wildman–Crippen MR) is 164 cm³/mol. The minimum absolute atomic E-state index is 0.412. The first-order valence-electron chi connectivity index (χ1n) is 13.0. The third kappa shape index (κ3) is 6.48. The second-order valence-corrected chi connectivity index (χ2v) is 10.8. The monoisotopic (exact) mass is 584 g/mol. The number of aromatic amines is 2. The van der Waals surface area contributed by atoms with Crippen LogP contribution in [0.1, 0.15) is 0 Å². The summed E-state index contributed by atoms with van der Waals surface area (Å²) in [4.78, 5) is 27.3. The molecule has 0 aliphatic rings. The fraction of sp³-hybridized carbons (Fsp3) is 0.200.